The van der Waals surface area contributed by atoms with Crippen molar-refractivity contribution in [3.63, 3.8) is 0 Å². The molecule has 1 aromatic carbocycles. The second-order valence-electron chi connectivity index (χ2n) is 6.71. The highest BCUT2D eigenvalue weighted by Gasteiger charge is 2.28. The van der Waals surface area contributed by atoms with Gasteiger partial charge in [0, 0.05) is 25.2 Å². The number of hydrogen-bond acceptors (Lipinski definition) is 4. The lowest BCUT2D eigenvalue weighted by atomic mass is 10.1. The summed E-state index contributed by atoms with van der Waals surface area (Å²) in [7, 11) is 0. The standard InChI is InChI=1S/C10H9NO.C9H17NO3/c1-2-9-3-5-10(6-4-9)7-11-8-12;1-9(2,3)13-8(12)10-5-4-7(11)6-10/h1,3-6,8H,7H2,(H,11,12);7,11H,4-6H2,1-3H3. The number of benzene rings is 1. The Labute approximate surface area is 149 Å². The van der Waals surface area contributed by atoms with Gasteiger partial charge in [0.15, 0.2) is 0 Å². The Bertz CT molecular complexity index is 599. The summed E-state index contributed by atoms with van der Waals surface area (Å²) in [5.41, 5.74) is 1.44. The van der Waals surface area contributed by atoms with Crippen LogP contribution < -0.4 is 5.32 Å². The Balaban J connectivity index is 0.000000251. The summed E-state index contributed by atoms with van der Waals surface area (Å²) in [6.07, 6.45) is 5.79. The summed E-state index contributed by atoms with van der Waals surface area (Å²) in [4.78, 5) is 22.9. The number of ether oxygens (including phenoxy) is 1. The minimum atomic E-state index is -0.454. The van der Waals surface area contributed by atoms with Gasteiger partial charge in [0.2, 0.25) is 6.41 Å². The molecule has 2 rings (SSSR count). The molecule has 0 spiro atoms. The zero-order valence-corrected chi connectivity index (χ0v) is 15.0. The number of carbonyl (C=O) groups is 2. The number of aliphatic hydroxyl groups is 1. The van der Waals surface area contributed by atoms with Crippen LogP contribution in [0, 0.1) is 12.3 Å². The third-order valence-corrected chi connectivity index (χ3v) is 3.33. The number of likely N-dealkylation sites (tertiary alicyclic amines) is 1. The maximum absolute atomic E-state index is 11.4. The fourth-order valence-electron chi connectivity index (χ4n) is 2.11. The number of nitrogens with one attached hydrogen (secondary N) is 1. The number of aliphatic hydroxyl groups excluding tert-OH is 1. The largest absolute Gasteiger partial charge is 0.444 e. The minimum absolute atomic E-state index is 0.330. The Hall–Kier alpha value is -2.52. The zero-order chi connectivity index (χ0) is 18.9. The molecule has 1 saturated heterocycles. The molecule has 0 saturated carbocycles. The SMILES string of the molecule is C#Cc1ccc(CNC=O)cc1.CC(C)(C)OC(=O)N1CCC(O)C1. The van der Waals surface area contributed by atoms with Crippen LogP contribution >= 0.6 is 0 Å². The van der Waals surface area contributed by atoms with Crippen LogP contribution in [0.15, 0.2) is 24.3 Å². The molecule has 1 aliphatic heterocycles. The van der Waals surface area contributed by atoms with Crippen molar-refractivity contribution in [2.24, 2.45) is 0 Å². The van der Waals surface area contributed by atoms with Crippen molar-refractivity contribution < 1.29 is 19.4 Å². The molecule has 0 bridgehead atoms. The Morgan fingerprint density at radius 1 is 1.44 bits per heavy atom. The van der Waals surface area contributed by atoms with Gasteiger partial charge in [-0.25, -0.2) is 4.79 Å². The summed E-state index contributed by atoms with van der Waals surface area (Å²) in [6, 6.07) is 7.49. The maximum Gasteiger partial charge on any atom is 0.410 e. The van der Waals surface area contributed by atoms with E-state index in [0.29, 0.717) is 32.5 Å². The molecule has 6 nitrogen and oxygen atoms in total. The van der Waals surface area contributed by atoms with Gasteiger partial charge in [-0.05, 0) is 44.9 Å². The number of carbonyl (C=O) groups excluding carboxylic acids is 2. The first-order valence-corrected chi connectivity index (χ1v) is 8.13. The number of amides is 2. The van der Waals surface area contributed by atoms with Crippen LogP contribution in [0.2, 0.25) is 0 Å². The first kappa shape index (κ1) is 20.5. The second kappa shape index (κ2) is 9.70. The van der Waals surface area contributed by atoms with E-state index in [4.69, 9.17) is 11.2 Å². The molecule has 1 aromatic rings. The number of terminal acetylenes is 1. The average Bonchev–Trinajstić information content (AvgIpc) is 2.99. The van der Waals surface area contributed by atoms with Gasteiger partial charge in [-0.3, -0.25) is 4.79 Å². The number of hydrogen-bond donors (Lipinski definition) is 2. The molecule has 0 radical (unpaired) electrons. The van der Waals surface area contributed by atoms with Crippen LogP contribution in [0.25, 0.3) is 0 Å². The van der Waals surface area contributed by atoms with Gasteiger partial charge in [-0.1, -0.05) is 18.1 Å². The van der Waals surface area contributed by atoms with Crippen LogP contribution in [0.5, 0.6) is 0 Å². The van der Waals surface area contributed by atoms with E-state index in [1.54, 1.807) is 0 Å². The maximum atomic E-state index is 11.4. The molecular weight excluding hydrogens is 320 g/mol. The lowest BCUT2D eigenvalue weighted by Crippen LogP contribution is -2.35. The molecule has 1 atom stereocenters. The molecule has 1 heterocycles. The molecule has 2 amide bonds. The van der Waals surface area contributed by atoms with Crippen LogP contribution in [-0.2, 0) is 16.1 Å². The fraction of sp³-hybridized carbons (Fsp3) is 0.474. The van der Waals surface area contributed by atoms with E-state index >= 15 is 0 Å². The highest BCUT2D eigenvalue weighted by molar-refractivity contribution is 5.68. The van der Waals surface area contributed by atoms with Gasteiger partial charge >= 0.3 is 6.09 Å². The second-order valence-corrected chi connectivity index (χ2v) is 6.71. The quantitative estimate of drug-likeness (QED) is 0.647. The predicted octanol–water partition coefficient (Wildman–Crippen LogP) is 1.90. The number of nitrogens with zero attached hydrogens (tertiary/aromatic N) is 1. The Kier molecular flexibility index (Phi) is 7.96. The van der Waals surface area contributed by atoms with Gasteiger partial charge < -0.3 is 20.1 Å². The van der Waals surface area contributed by atoms with E-state index < -0.39 is 5.60 Å². The highest BCUT2D eigenvalue weighted by Crippen LogP contribution is 2.14. The first-order chi connectivity index (χ1) is 11.7. The van der Waals surface area contributed by atoms with Crippen molar-refractivity contribution in [1.29, 1.82) is 0 Å². The third kappa shape index (κ3) is 8.23. The van der Waals surface area contributed by atoms with E-state index in [2.05, 4.69) is 11.2 Å². The monoisotopic (exact) mass is 346 g/mol. The molecular formula is C19H26N2O4. The number of β-amino-alcohol motifs (C(OH)–C–C–N with tert-alkyl or cyclic N) is 1. The van der Waals surface area contributed by atoms with Crippen molar-refractivity contribution in [3.05, 3.63) is 35.4 Å². The predicted molar refractivity (Wildman–Crippen MR) is 95.7 cm³/mol. The summed E-state index contributed by atoms with van der Waals surface area (Å²) in [6.45, 7) is 7.03. The summed E-state index contributed by atoms with van der Waals surface area (Å²) in [5.74, 6) is 2.52. The van der Waals surface area contributed by atoms with E-state index in [9.17, 15) is 14.7 Å². The van der Waals surface area contributed by atoms with Crippen LogP contribution in [0.1, 0.15) is 38.3 Å². The molecule has 6 heteroatoms. The Morgan fingerprint density at radius 3 is 2.52 bits per heavy atom. The molecule has 0 aliphatic carbocycles. The molecule has 136 valence electrons. The van der Waals surface area contributed by atoms with Crippen LogP contribution in [-0.4, -0.2) is 47.3 Å². The van der Waals surface area contributed by atoms with Crippen molar-refractivity contribution in [2.45, 2.75) is 45.4 Å². The van der Waals surface area contributed by atoms with E-state index in [-0.39, 0.29) is 12.2 Å². The van der Waals surface area contributed by atoms with Crippen LogP contribution in [0.4, 0.5) is 4.79 Å². The van der Waals surface area contributed by atoms with Crippen molar-refractivity contribution >= 4 is 12.5 Å². The fourth-order valence-corrected chi connectivity index (χ4v) is 2.11. The Morgan fingerprint density at radius 2 is 2.08 bits per heavy atom. The normalized spacial score (nSPS) is 16.3. The number of rotatable bonds is 3. The molecule has 1 aliphatic rings. The molecule has 25 heavy (non-hydrogen) atoms. The minimum Gasteiger partial charge on any atom is -0.444 e. The molecule has 2 N–H and O–H groups in total. The third-order valence-electron chi connectivity index (χ3n) is 3.33. The lowest BCUT2D eigenvalue weighted by molar-refractivity contribution is -0.109. The first-order valence-electron chi connectivity index (χ1n) is 8.13. The van der Waals surface area contributed by atoms with Crippen LogP contribution in [0.3, 0.4) is 0 Å². The van der Waals surface area contributed by atoms with Gasteiger partial charge in [-0.15, -0.1) is 6.42 Å². The smallest absolute Gasteiger partial charge is 0.410 e. The van der Waals surface area contributed by atoms with E-state index in [1.165, 1.54) is 4.90 Å². The van der Waals surface area contributed by atoms with Crippen molar-refractivity contribution in [2.75, 3.05) is 13.1 Å². The van der Waals surface area contributed by atoms with Crippen molar-refractivity contribution in [3.8, 4) is 12.3 Å². The molecule has 0 aromatic heterocycles. The lowest BCUT2D eigenvalue weighted by Gasteiger charge is -2.24. The molecule has 1 unspecified atom stereocenters. The topological polar surface area (TPSA) is 78.9 Å². The van der Waals surface area contributed by atoms with E-state index in [0.717, 1.165) is 11.1 Å². The summed E-state index contributed by atoms with van der Waals surface area (Å²) in [5, 5.41) is 11.8. The summed E-state index contributed by atoms with van der Waals surface area (Å²) >= 11 is 0. The van der Waals surface area contributed by atoms with Gasteiger partial charge in [0.25, 0.3) is 0 Å². The highest BCUT2D eigenvalue weighted by atomic mass is 16.6. The zero-order valence-electron chi connectivity index (χ0n) is 15.0. The molecule has 1 fully saturated rings. The van der Waals surface area contributed by atoms with Gasteiger partial charge in [0.1, 0.15) is 5.60 Å². The summed E-state index contributed by atoms with van der Waals surface area (Å²) < 4.78 is 5.15. The van der Waals surface area contributed by atoms with Gasteiger partial charge in [0.05, 0.1) is 6.10 Å². The van der Waals surface area contributed by atoms with Crippen molar-refractivity contribution in [1.82, 2.24) is 10.2 Å². The van der Waals surface area contributed by atoms with Gasteiger partial charge in [-0.2, -0.15) is 0 Å². The van der Waals surface area contributed by atoms with E-state index in [1.807, 2.05) is 45.0 Å². The average molecular weight is 346 g/mol.